The van der Waals surface area contributed by atoms with Crippen LogP contribution in [0, 0.1) is 10.8 Å². The number of amides is 5. The number of carbonyl (C=O) groups excluding carboxylic acids is 4. The van der Waals surface area contributed by atoms with Crippen molar-refractivity contribution in [2.45, 2.75) is 105 Å². The molecule has 0 spiro atoms. The van der Waals surface area contributed by atoms with Gasteiger partial charge >= 0.3 is 324 Å². The van der Waals surface area contributed by atoms with E-state index in [0.717, 1.165) is 27.9 Å². The van der Waals surface area contributed by atoms with E-state index >= 15 is 4.79 Å². The van der Waals surface area contributed by atoms with E-state index in [2.05, 4.69) is 20.9 Å². The summed E-state index contributed by atoms with van der Waals surface area (Å²) in [5, 5.41) is 9.12. The number of nitrogens with one attached hydrogen (secondary N) is 3. The van der Waals surface area contributed by atoms with Crippen LogP contribution in [0.5, 0.6) is 0 Å². The second-order valence-electron chi connectivity index (χ2n) is 18.9. The molecule has 5 rings (SSSR count). The van der Waals surface area contributed by atoms with E-state index in [-0.39, 0.29) is 31.9 Å². The van der Waals surface area contributed by atoms with Crippen LogP contribution in [0.25, 0.3) is 11.3 Å². The van der Waals surface area contributed by atoms with Gasteiger partial charge in [0.25, 0.3) is 0 Å². The third-order valence-electron chi connectivity index (χ3n) is 11.5. The van der Waals surface area contributed by atoms with Crippen LogP contribution in [0.15, 0.2) is 109 Å². The number of urea groups is 1. The number of ether oxygens (including phenoxy) is 2. The van der Waals surface area contributed by atoms with Crippen molar-refractivity contribution in [3.63, 3.8) is 0 Å². The molecule has 0 saturated carbocycles. The minimum absolute atomic E-state index is 0.0245. The zero-order chi connectivity index (χ0) is 48.8. The Hall–Kier alpha value is -5.48. The molecular weight excluding hydrogens is 876 g/mol. The second-order valence-corrected chi connectivity index (χ2v) is 20.6. The SMILES string of the molecule is CCO[PH](O)(O)OCO[C@@H](C[C@H](Cc1ccc(-c2ccccn2)cc1)NC(=O)[C@@H](NC(=O)OC)C(C)(C)C)[C@H](Cc1ccccc1)NC(=O)[C@@H](N1CCN(Cc2ccccc2)C1=O)C(C)(C)C. The van der Waals surface area contributed by atoms with Gasteiger partial charge in [0, 0.05) is 6.20 Å². The minimum atomic E-state index is -4.62. The van der Waals surface area contributed by atoms with Gasteiger partial charge in [0.1, 0.15) is 0 Å². The van der Waals surface area contributed by atoms with Gasteiger partial charge in [-0.2, -0.15) is 0 Å². The molecule has 1 fully saturated rings. The Morgan fingerprint density at radius 3 is 1.96 bits per heavy atom. The summed E-state index contributed by atoms with van der Waals surface area (Å²) in [6.45, 7) is 13.3. The monoisotopic (exact) mass is 944 g/mol. The van der Waals surface area contributed by atoms with Gasteiger partial charge in [0.2, 0.25) is 0 Å². The van der Waals surface area contributed by atoms with E-state index in [9.17, 15) is 24.2 Å². The number of benzene rings is 3. The van der Waals surface area contributed by atoms with Crippen molar-refractivity contribution in [2.24, 2.45) is 10.8 Å². The number of hydrogen-bond acceptors (Lipinski definition) is 11. The number of methoxy groups -OCH3 is 1. The number of aromatic nitrogens is 1. The van der Waals surface area contributed by atoms with E-state index in [0.29, 0.717) is 19.6 Å². The first-order valence-corrected chi connectivity index (χ1v) is 24.4. The molecule has 1 aliphatic heterocycles. The van der Waals surface area contributed by atoms with Crippen LogP contribution < -0.4 is 16.0 Å². The van der Waals surface area contributed by atoms with Crippen LogP contribution in [0.4, 0.5) is 9.59 Å². The maximum atomic E-state index is 15.0. The fourth-order valence-corrected chi connectivity index (χ4v) is 8.90. The predicted molar refractivity (Wildman–Crippen MR) is 258 cm³/mol. The number of hydrogen-bond donors (Lipinski definition) is 5. The Morgan fingerprint density at radius 1 is 0.746 bits per heavy atom. The third-order valence-corrected chi connectivity index (χ3v) is 12.7. The summed E-state index contributed by atoms with van der Waals surface area (Å²) in [5.41, 5.74) is 2.90. The number of pyridine rings is 1. The summed E-state index contributed by atoms with van der Waals surface area (Å²) in [5.74, 6) is -0.901. The average Bonchev–Trinajstić information content (AvgIpc) is 3.62. The Balaban J connectivity index is 1.54. The predicted octanol–water partition coefficient (Wildman–Crippen LogP) is 6.81. The number of nitrogens with zero attached hydrogens (tertiary/aromatic N) is 3. The summed E-state index contributed by atoms with van der Waals surface area (Å²) in [6.07, 6.45) is 0.542. The summed E-state index contributed by atoms with van der Waals surface area (Å²) in [6, 6.07) is 28.9. The molecule has 0 aliphatic carbocycles. The van der Waals surface area contributed by atoms with Crippen LogP contribution in [-0.2, 0) is 47.5 Å². The Morgan fingerprint density at radius 2 is 1.37 bits per heavy atom. The van der Waals surface area contributed by atoms with Gasteiger partial charge in [-0.05, 0) is 17.7 Å². The molecule has 17 heteroatoms. The zero-order valence-corrected chi connectivity index (χ0v) is 40.9. The summed E-state index contributed by atoms with van der Waals surface area (Å²) < 4.78 is 21.9. The molecule has 0 radical (unpaired) electrons. The summed E-state index contributed by atoms with van der Waals surface area (Å²) in [4.78, 5) is 85.0. The topological polar surface area (TPSA) is 201 Å². The number of alkyl carbamates (subject to hydrolysis) is 1. The quantitative estimate of drug-likeness (QED) is 0.0410. The van der Waals surface area contributed by atoms with Gasteiger partial charge in [-0.1, -0.05) is 36.4 Å². The molecule has 364 valence electrons. The number of carbonyl (C=O) groups is 4. The summed E-state index contributed by atoms with van der Waals surface area (Å²) in [7, 11) is -3.39. The fraction of sp³-hybridized carbons (Fsp3) is 0.460. The molecule has 67 heavy (non-hydrogen) atoms. The van der Waals surface area contributed by atoms with Crippen molar-refractivity contribution < 1.29 is 47.5 Å². The Kier molecular flexibility index (Phi) is 18.8. The number of rotatable bonds is 22. The molecule has 0 unspecified atom stereocenters. The van der Waals surface area contributed by atoms with Gasteiger partial charge in [0.05, 0.1) is 7.11 Å². The second kappa shape index (κ2) is 24.0. The van der Waals surface area contributed by atoms with Crippen molar-refractivity contribution >= 4 is 32.1 Å². The van der Waals surface area contributed by atoms with Gasteiger partial charge in [0.15, 0.2) is 0 Å². The Bertz CT molecular complexity index is 2190. The average molecular weight is 945 g/mol. The van der Waals surface area contributed by atoms with Crippen LogP contribution in [0.3, 0.4) is 0 Å². The molecule has 2 heterocycles. The maximum absolute atomic E-state index is 15.0. The van der Waals surface area contributed by atoms with Gasteiger partial charge < -0.3 is 0 Å². The van der Waals surface area contributed by atoms with Gasteiger partial charge in [-0.3, -0.25) is 4.98 Å². The van der Waals surface area contributed by atoms with Gasteiger partial charge in [-0.15, -0.1) is 0 Å². The van der Waals surface area contributed by atoms with Crippen LogP contribution >= 0.6 is 8.17 Å². The first-order valence-electron chi connectivity index (χ1n) is 22.7. The fourth-order valence-electron chi connectivity index (χ4n) is 8.22. The van der Waals surface area contributed by atoms with Crippen LogP contribution in [0.2, 0.25) is 0 Å². The molecule has 4 aromatic rings. The molecule has 0 bridgehead atoms. The first-order chi connectivity index (χ1) is 31.8. The standard InChI is InChI=1S/C50H69N6O10P/c1-9-65-67(61,62)66-34-64-42(32-39(52-45(57)43(49(2,3)4)54-47(59)63-8)30-36-23-25-38(26-24-36)40-22-16-17-27-51-40)41(31-35-18-12-10-13-19-35)53-46(58)44(50(5,6)7)56-29-28-55(48(56)60)33-37-20-14-11-15-21-37/h10-27,39,41-44,61-62,67H,9,28-34H2,1-8H3,(H,52,57)(H,53,58)(H,54,59)/t39-,41-,42-,43+,44+/m0/s1. The Labute approximate surface area is 395 Å². The molecule has 5 amide bonds. The third kappa shape index (κ3) is 15.8. The van der Waals surface area contributed by atoms with Crippen LogP contribution in [-0.4, -0.2) is 112 Å². The van der Waals surface area contributed by atoms with Crippen molar-refractivity contribution in [1.29, 1.82) is 0 Å². The van der Waals surface area contributed by atoms with E-state index in [1.165, 1.54) is 7.11 Å². The molecule has 1 saturated heterocycles. The van der Waals surface area contributed by atoms with Crippen molar-refractivity contribution in [3.8, 4) is 11.3 Å². The molecule has 3 aromatic carbocycles. The molecule has 1 aliphatic rings. The summed E-state index contributed by atoms with van der Waals surface area (Å²) >= 11 is 0. The zero-order valence-electron chi connectivity index (χ0n) is 39.9. The van der Waals surface area contributed by atoms with Crippen molar-refractivity contribution in [1.82, 2.24) is 30.7 Å². The van der Waals surface area contributed by atoms with E-state index in [1.807, 2.05) is 145 Å². The van der Waals surface area contributed by atoms with E-state index < -0.39 is 74.0 Å². The normalized spacial score (nSPS) is 15.8. The molecule has 16 nitrogen and oxygen atoms in total. The van der Waals surface area contributed by atoms with E-state index in [1.54, 1.807) is 22.9 Å². The molecular formula is C50H69N6O10P. The molecule has 5 N–H and O–H groups in total. The van der Waals surface area contributed by atoms with E-state index in [4.69, 9.17) is 18.5 Å². The first kappa shape index (κ1) is 52.5. The van der Waals surface area contributed by atoms with Crippen LogP contribution in [0.1, 0.15) is 71.6 Å². The molecule has 1 aromatic heterocycles. The van der Waals surface area contributed by atoms with Gasteiger partial charge in [-0.25, -0.2) is 0 Å². The molecule has 5 atom stereocenters. The van der Waals surface area contributed by atoms with Crippen molar-refractivity contribution in [3.05, 3.63) is 126 Å². The van der Waals surface area contributed by atoms with Crippen molar-refractivity contribution in [2.75, 3.05) is 33.6 Å².